The van der Waals surface area contributed by atoms with Gasteiger partial charge in [-0.3, -0.25) is 9.59 Å². The second-order valence-corrected chi connectivity index (χ2v) is 10.6. The number of piperazine rings is 1. The van der Waals surface area contributed by atoms with Gasteiger partial charge in [-0.05, 0) is 78.7 Å². The van der Waals surface area contributed by atoms with E-state index in [0.29, 0.717) is 28.7 Å². The van der Waals surface area contributed by atoms with Gasteiger partial charge in [0.2, 0.25) is 0 Å². The van der Waals surface area contributed by atoms with Crippen molar-refractivity contribution in [2.45, 2.75) is 4.90 Å². The van der Waals surface area contributed by atoms with Gasteiger partial charge in [-0.25, -0.2) is 0 Å². The summed E-state index contributed by atoms with van der Waals surface area (Å²) >= 11 is 13.5. The predicted molar refractivity (Wildman–Crippen MR) is 149 cm³/mol. The smallest absolute Gasteiger partial charge is 0.324 e. The number of hydrogen-bond acceptors (Lipinski definition) is 5. The molecule has 1 aliphatic rings. The molecule has 1 saturated heterocycles. The van der Waals surface area contributed by atoms with Crippen LogP contribution in [0.25, 0.3) is 16.6 Å². The van der Waals surface area contributed by atoms with E-state index >= 15 is 0 Å². The number of carboxylic acids is 1. The van der Waals surface area contributed by atoms with Gasteiger partial charge >= 0.3 is 5.97 Å². The molecule has 2 heterocycles. The van der Waals surface area contributed by atoms with Gasteiger partial charge in [-0.1, -0.05) is 23.2 Å². The highest BCUT2D eigenvalue weighted by atomic mass is 35.5. The summed E-state index contributed by atoms with van der Waals surface area (Å²) in [5.41, 5.74) is 3.32. The Hall–Kier alpha value is -3.17. The van der Waals surface area contributed by atoms with E-state index in [4.69, 9.17) is 23.2 Å². The lowest BCUT2D eigenvalue weighted by Gasteiger charge is -2.27. The third kappa shape index (κ3) is 5.88. The number of carbonyl (C=O) groups excluding carboxylic acids is 1. The van der Waals surface area contributed by atoms with E-state index in [1.807, 2.05) is 64.2 Å². The number of nitrogens with zero attached hydrogens (tertiary/aromatic N) is 3. The molecule has 4 aromatic rings. The highest BCUT2D eigenvalue weighted by molar-refractivity contribution is 8.00. The molecule has 1 fully saturated rings. The lowest BCUT2D eigenvalue weighted by Crippen LogP contribution is -2.46. The van der Waals surface area contributed by atoms with Gasteiger partial charge in [0.25, 0.3) is 5.91 Å². The number of aliphatic carboxylic acids is 1. The van der Waals surface area contributed by atoms with Crippen molar-refractivity contribution in [3.63, 3.8) is 0 Å². The molecule has 0 atom stereocenters. The zero-order valence-corrected chi connectivity index (χ0v) is 22.1. The fourth-order valence-corrected chi connectivity index (χ4v) is 6.00. The molecule has 0 spiro atoms. The number of benzene rings is 3. The van der Waals surface area contributed by atoms with Crippen molar-refractivity contribution in [2.75, 3.05) is 37.0 Å². The van der Waals surface area contributed by atoms with Crippen LogP contribution in [0.1, 0.15) is 10.4 Å². The Bertz CT molecular complexity index is 1430. The van der Waals surface area contributed by atoms with E-state index in [1.165, 1.54) is 11.9 Å². The Kier molecular flexibility index (Phi) is 7.62. The predicted octanol–water partition coefficient (Wildman–Crippen LogP) is 5.58. The molecule has 10 heteroatoms. The Labute approximate surface area is 228 Å². The first-order chi connectivity index (χ1) is 17.9. The summed E-state index contributed by atoms with van der Waals surface area (Å²) in [4.78, 5) is 27.0. The van der Waals surface area contributed by atoms with Crippen LogP contribution < -0.4 is 9.62 Å². The number of anilines is 1. The van der Waals surface area contributed by atoms with E-state index in [1.54, 1.807) is 22.5 Å². The van der Waals surface area contributed by atoms with Crippen molar-refractivity contribution in [1.29, 1.82) is 0 Å². The number of carboxylic acid groups (broad SMARTS) is 1. The summed E-state index contributed by atoms with van der Waals surface area (Å²) < 4.78 is 3.74. The standard InChI is InChI=1S/C27H24Cl2N4O3S/c28-20-14-21(29)16-24(15-20)37-33(17-26(34)35)23-5-6-25-19(13-23)7-10-32(25)22-3-1-18(2-4-22)27(36)31-11-8-30-9-12-31/h1-7,10,13-16,30H,8-9,11-12,17H2,(H,34,35). The van der Waals surface area contributed by atoms with Crippen molar-refractivity contribution in [3.05, 3.63) is 88.5 Å². The third-order valence-electron chi connectivity index (χ3n) is 6.09. The molecule has 0 saturated carbocycles. The van der Waals surface area contributed by atoms with Crippen molar-refractivity contribution in [2.24, 2.45) is 0 Å². The van der Waals surface area contributed by atoms with E-state index in [-0.39, 0.29) is 12.5 Å². The monoisotopic (exact) mass is 554 g/mol. The summed E-state index contributed by atoms with van der Waals surface area (Å²) in [5.74, 6) is -0.902. The lowest BCUT2D eigenvalue weighted by molar-refractivity contribution is -0.135. The van der Waals surface area contributed by atoms with Gasteiger partial charge in [-0.15, -0.1) is 0 Å². The van der Waals surface area contributed by atoms with Crippen LogP contribution in [0.2, 0.25) is 10.0 Å². The zero-order valence-electron chi connectivity index (χ0n) is 19.7. The van der Waals surface area contributed by atoms with E-state index in [9.17, 15) is 14.7 Å². The molecular weight excluding hydrogens is 531 g/mol. The van der Waals surface area contributed by atoms with E-state index < -0.39 is 5.97 Å². The molecule has 2 N–H and O–H groups in total. The fraction of sp³-hybridized carbons (Fsp3) is 0.185. The second kappa shape index (κ2) is 11.1. The van der Waals surface area contributed by atoms with Crippen molar-refractivity contribution < 1.29 is 14.7 Å². The Balaban J connectivity index is 1.39. The lowest BCUT2D eigenvalue weighted by atomic mass is 10.1. The number of nitrogens with one attached hydrogen (secondary N) is 1. The number of halogens is 2. The van der Waals surface area contributed by atoms with E-state index in [0.717, 1.165) is 40.3 Å². The average molecular weight is 555 g/mol. The van der Waals surface area contributed by atoms with Crippen LogP contribution in [0, 0.1) is 0 Å². The minimum atomic E-state index is -0.950. The molecule has 5 rings (SSSR count). The van der Waals surface area contributed by atoms with E-state index in [2.05, 4.69) is 5.32 Å². The minimum absolute atomic E-state index is 0.0482. The Morgan fingerprint density at radius 1 is 0.946 bits per heavy atom. The van der Waals surface area contributed by atoms with Crippen LogP contribution in [-0.2, 0) is 4.79 Å². The Morgan fingerprint density at radius 3 is 2.32 bits per heavy atom. The molecular formula is C27H24Cl2N4O3S. The van der Waals surface area contributed by atoms with Gasteiger partial charge in [0.15, 0.2) is 0 Å². The first kappa shape index (κ1) is 25.5. The SMILES string of the molecule is O=C(O)CN(Sc1cc(Cl)cc(Cl)c1)c1ccc2c(ccn2-c2ccc(C(=O)N3CCNCC3)cc2)c1. The van der Waals surface area contributed by atoms with Crippen LogP contribution in [0.4, 0.5) is 5.69 Å². The fourth-order valence-electron chi connectivity index (χ4n) is 4.33. The highest BCUT2D eigenvalue weighted by Crippen LogP contribution is 2.34. The van der Waals surface area contributed by atoms with Crippen molar-refractivity contribution in [3.8, 4) is 5.69 Å². The molecule has 0 radical (unpaired) electrons. The molecule has 190 valence electrons. The molecule has 1 aliphatic heterocycles. The van der Waals surface area contributed by atoms with Gasteiger partial charge in [0.1, 0.15) is 6.54 Å². The quantitative estimate of drug-likeness (QED) is 0.290. The third-order valence-corrected chi connectivity index (χ3v) is 7.53. The molecule has 0 unspecified atom stereocenters. The van der Waals surface area contributed by atoms with Crippen LogP contribution in [0.3, 0.4) is 0 Å². The molecule has 1 amide bonds. The van der Waals surface area contributed by atoms with Crippen LogP contribution in [0.15, 0.2) is 77.8 Å². The normalized spacial score (nSPS) is 13.6. The van der Waals surface area contributed by atoms with Gasteiger partial charge in [0, 0.05) is 69.6 Å². The summed E-state index contributed by atoms with van der Waals surface area (Å²) in [6.07, 6.45) is 1.97. The topological polar surface area (TPSA) is 77.8 Å². The molecule has 37 heavy (non-hydrogen) atoms. The first-order valence-electron chi connectivity index (χ1n) is 11.7. The maximum atomic E-state index is 12.8. The van der Waals surface area contributed by atoms with Crippen molar-refractivity contribution in [1.82, 2.24) is 14.8 Å². The second-order valence-electron chi connectivity index (χ2n) is 8.64. The summed E-state index contributed by atoms with van der Waals surface area (Å²) in [6.45, 7) is 2.86. The number of rotatable bonds is 7. The summed E-state index contributed by atoms with van der Waals surface area (Å²) in [6, 6.07) is 20.5. The van der Waals surface area contributed by atoms with Gasteiger partial charge < -0.3 is 24.2 Å². The zero-order chi connectivity index (χ0) is 25.9. The van der Waals surface area contributed by atoms with Crippen LogP contribution >= 0.6 is 35.1 Å². The highest BCUT2D eigenvalue weighted by Gasteiger charge is 2.18. The molecule has 3 aromatic carbocycles. The molecule has 0 aliphatic carbocycles. The molecule has 7 nitrogen and oxygen atoms in total. The van der Waals surface area contributed by atoms with Crippen LogP contribution in [0.5, 0.6) is 0 Å². The van der Waals surface area contributed by atoms with Gasteiger partial charge in [-0.2, -0.15) is 0 Å². The first-order valence-corrected chi connectivity index (χ1v) is 13.3. The Morgan fingerprint density at radius 2 is 1.65 bits per heavy atom. The number of carbonyl (C=O) groups is 2. The molecule has 0 bridgehead atoms. The minimum Gasteiger partial charge on any atom is -0.480 e. The number of hydrogen-bond donors (Lipinski definition) is 2. The number of fused-ring (bicyclic) bond motifs is 1. The molecule has 1 aromatic heterocycles. The van der Waals surface area contributed by atoms with Crippen molar-refractivity contribution >= 4 is 63.6 Å². The largest absolute Gasteiger partial charge is 0.480 e. The summed E-state index contributed by atoms with van der Waals surface area (Å²) in [7, 11) is 0. The maximum absolute atomic E-state index is 12.8. The maximum Gasteiger partial charge on any atom is 0.324 e. The van der Waals surface area contributed by atoms with Crippen LogP contribution in [-0.4, -0.2) is 59.2 Å². The average Bonchev–Trinajstić information content (AvgIpc) is 3.31. The van der Waals surface area contributed by atoms with Gasteiger partial charge in [0.05, 0.1) is 5.52 Å². The summed E-state index contributed by atoms with van der Waals surface area (Å²) in [5, 5.41) is 14.7. The number of aromatic nitrogens is 1. The number of amides is 1.